The number of hydrogen-bond donors (Lipinski definition) is 1. The topological polar surface area (TPSA) is 75.4 Å². The van der Waals surface area contributed by atoms with Gasteiger partial charge in [0.15, 0.2) is 0 Å². The summed E-state index contributed by atoms with van der Waals surface area (Å²) in [6.45, 7) is 2.42. The molecule has 27 heavy (non-hydrogen) atoms. The first-order chi connectivity index (χ1) is 12.7. The molecule has 2 aliphatic rings. The number of carboxylic acids is 1. The second-order valence-electron chi connectivity index (χ2n) is 7.49. The van der Waals surface area contributed by atoms with E-state index in [0.717, 1.165) is 0 Å². The zero-order chi connectivity index (χ0) is 19.8. The van der Waals surface area contributed by atoms with E-state index in [1.165, 1.54) is 6.20 Å². The molecule has 2 heterocycles. The third-order valence-corrected chi connectivity index (χ3v) is 5.90. The molecule has 0 spiro atoms. The molecule has 1 aromatic heterocycles. The van der Waals surface area contributed by atoms with E-state index in [-0.39, 0.29) is 23.9 Å². The van der Waals surface area contributed by atoms with Crippen LogP contribution in [0.15, 0.2) is 6.20 Å². The fourth-order valence-electron chi connectivity index (χ4n) is 4.39. The number of carbonyl (C=O) groups is 2. The first-order valence-corrected chi connectivity index (χ1v) is 9.33. The van der Waals surface area contributed by atoms with Crippen LogP contribution in [0.3, 0.4) is 0 Å². The van der Waals surface area contributed by atoms with E-state index in [4.69, 9.17) is 5.11 Å². The van der Waals surface area contributed by atoms with Crippen molar-refractivity contribution in [1.82, 2.24) is 14.7 Å². The van der Waals surface area contributed by atoms with Gasteiger partial charge in [0, 0.05) is 19.0 Å². The summed E-state index contributed by atoms with van der Waals surface area (Å²) < 4.78 is 41.5. The van der Waals surface area contributed by atoms with E-state index in [9.17, 15) is 22.8 Å². The molecule has 2 unspecified atom stereocenters. The van der Waals surface area contributed by atoms with E-state index in [0.29, 0.717) is 50.9 Å². The van der Waals surface area contributed by atoms with Crippen molar-refractivity contribution >= 4 is 11.9 Å². The molecule has 1 aromatic rings. The summed E-state index contributed by atoms with van der Waals surface area (Å²) in [6, 6.07) is -0.0491. The molecule has 2 atom stereocenters. The quantitative estimate of drug-likeness (QED) is 0.862. The molecular weight excluding hydrogens is 363 g/mol. The Morgan fingerprint density at radius 3 is 2.33 bits per heavy atom. The monoisotopic (exact) mass is 387 g/mol. The molecule has 9 heteroatoms. The molecule has 1 saturated carbocycles. The standard InChI is InChI=1S/C18H24F3N3O3/c1-11-14(17(26)27)10-22-24(11)12-6-8-23(9-7-12)16(25)13-4-2-3-5-15(13)18(19,20)21/h10,12-13,15H,2-9H2,1H3,(H,26,27). The molecule has 150 valence electrons. The number of alkyl halides is 3. The van der Waals surface area contributed by atoms with Crippen molar-refractivity contribution in [1.29, 1.82) is 0 Å². The summed E-state index contributed by atoms with van der Waals surface area (Å²) in [5.41, 5.74) is 0.695. The third kappa shape index (κ3) is 3.96. The summed E-state index contributed by atoms with van der Waals surface area (Å²) in [5, 5.41) is 13.3. The van der Waals surface area contributed by atoms with Gasteiger partial charge in [0.2, 0.25) is 5.91 Å². The molecule has 1 saturated heterocycles. The van der Waals surface area contributed by atoms with Crippen LogP contribution >= 0.6 is 0 Å². The minimum atomic E-state index is -4.33. The van der Waals surface area contributed by atoms with Crippen molar-refractivity contribution in [2.24, 2.45) is 11.8 Å². The lowest BCUT2D eigenvalue weighted by molar-refractivity contribution is -0.201. The fourth-order valence-corrected chi connectivity index (χ4v) is 4.39. The molecule has 2 fully saturated rings. The highest BCUT2D eigenvalue weighted by Gasteiger charge is 2.49. The highest BCUT2D eigenvalue weighted by molar-refractivity contribution is 5.88. The lowest BCUT2D eigenvalue weighted by Gasteiger charge is -2.38. The second-order valence-corrected chi connectivity index (χ2v) is 7.49. The van der Waals surface area contributed by atoms with Gasteiger partial charge in [-0.2, -0.15) is 18.3 Å². The number of nitrogens with zero attached hydrogens (tertiary/aromatic N) is 3. The summed E-state index contributed by atoms with van der Waals surface area (Å²) >= 11 is 0. The Hall–Kier alpha value is -2.06. The lowest BCUT2D eigenvalue weighted by atomic mass is 9.77. The van der Waals surface area contributed by atoms with Crippen LogP contribution in [-0.2, 0) is 4.79 Å². The highest BCUT2D eigenvalue weighted by Crippen LogP contribution is 2.42. The average Bonchev–Trinajstić information content (AvgIpc) is 3.02. The zero-order valence-electron chi connectivity index (χ0n) is 15.2. The molecule has 6 nitrogen and oxygen atoms in total. The maximum Gasteiger partial charge on any atom is 0.392 e. The van der Waals surface area contributed by atoms with Crippen LogP contribution in [0.2, 0.25) is 0 Å². The number of halogens is 3. The third-order valence-electron chi connectivity index (χ3n) is 5.90. The zero-order valence-corrected chi connectivity index (χ0v) is 15.2. The molecule has 0 radical (unpaired) electrons. The minimum absolute atomic E-state index is 0.0286. The molecule has 1 N–H and O–H groups in total. The van der Waals surface area contributed by atoms with Gasteiger partial charge in [0.05, 0.1) is 23.9 Å². The molecule has 1 aliphatic carbocycles. The average molecular weight is 387 g/mol. The second kappa shape index (κ2) is 7.52. The number of carbonyl (C=O) groups excluding carboxylic acids is 1. The van der Waals surface area contributed by atoms with Crippen LogP contribution < -0.4 is 0 Å². The van der Waals surface area contributed by atoms with Gasteiger partial charge in [-0.1, -0.05) is 12.8 Å². The Bertz CT molecular complexity index is 708. The molecular formula is C18H24F3N3O3. The van der Waals surface area contributed by atoms with Gasteiger partial charge in [-0.05, 0) is 32.6 Å². The largest absolute Gasteiger partial charge is 0.478 e. The minimum Gasteiger partial charge on any atom is -0.478 e. The van der Waals surface area contributed by atoms with Gasteiger partial charge < -0.3 is 10.0 Å². The fraction of sp³-hybridized carbons (Fsp3) is 0.722. The SMILES string of the molecule is Cc1c(C(=O)O)cnn1C1CCN(C(=O)C2CCCCC2C(F)(F)F)CC1. The van der Waals surface area contributed by atoms with E-state index in [1.807, 2.05) is 0 Å². The van der Waals surface area contributed by atoms with Crippen LogP contribution in [0.5, 0.6) is 0 Å². The van der Waals surface area contributed by atoms with Crippen molar-refractivity contribution < 1.29 is 27.9 Å². The maximum atomic E-state index is 13.3. The summed E-state index contributed by atoms with van der Waals surface area (Å²) in [6.07, 6.45) is -0.425. The molecule has 1 amide bonds. The Morgan fingerprint density at radius 1 is 1.15 bits per heavy atom. The smallest absolute Gasteiger partial charge is 0.392 e. The number of likely N-dealkylation sites (tertiary alicyclic amines) is 1. The van der Waals surface area contributed by atoms with E-state index >= 15 is 0 Å². The highest BCUT2D eigenvalue weighted by atomic mass is 19.4. The van der Waals surface area contributed by atoms with Crippen molar-refractivity contribution in [2.45, 2.75) is 57.7 Å². The number of rotatable bonds is 3. The van der Waals surface area contributed by atoms with Crippen molar-refractivity contribution in [3.63, 3.8) is 0 Å². The number of aromatic nitrogens is 2. The van der Waals surface area contributed by atoms with Gasteiger partial charge in [-0.15, -0.1) is 0 Å². The van der Waals surface area contributed by atoms with Crippen LogP contribution in [0.1, 0.15) is 60.6 Å². The predicted molar refractivity (Wildman–Crippen MR) is 90.3 cm³/mol. The first kappa shape index (κ1) is 19.7. The van der Waals surface area contributed by atoms with Crippen molar-refractivity contribution in [2.75, 3.05) is 13.1 Å². The van der Waals surface area contributed by atoms with Crippen LogP contribution in [-0.4, -0.2) is 50.9 Å². The van der Waals surface area contributed by atoms with Crippen molar-refractivity contribution in [3.05, 3.63) is 17.5 Å². The number of piperidine rings is 1. The van der Waals surface area contributed by atoms with Gasteiger partial charge in [0.25, 0.3) is 0 Å². The number of amides is 1. The van der Waals surface area contributed by atoms with Gasteiger partial charge >= 0.3 is 12.1 Å². The molecule has 0 aromatic carbocycles. The predicted octanol–water partition coefficient (Wildman–Crippen LogP) is 3.42. The number of aromatic carboxylic acids is 1. The van der Waals surface area contributed by atoms with Crippen LogP contribution in [0.4, 0.5) is 13.2 Å². The number of hydrogen-bond acceptors (Lipinski definition) is 3. The molecule has 3 rings (SSSR count). The maximum absolute atomic E-state index is 13.3. The number of carboxylic acid groups (broad SMARTS) is 1. The molecule has 1 aliphatic heterocycles. The van der Waals surface area contributed by atoms with Crippen LogP contribution in [0.25, 0.3) is 0 Å². The van der Waals surface area contributed by atoms with Gasteiger partial charge in [-0.3, -0.25) is 9.48 Å². The van der Waals surface area contributed by atoms with Crippen molar-refractivity contribution in [3.8, 4) is 0 Å². The normalized spacial score (nSPS) is 24.8. The van der Waals surface area contributed by atoms with E-state index in [1.54, 1.807) is 16.5 Å². The van der Waals surface area contributed by atoms with Crippen LogP contribution in [0, 0.1) is 18.8 Å². The van der Waals surface area contributed by atoms with E-state index < -0.39 is 24.0 Å². The van der Waals surface area contributed by atoms with E-state index in [2.05, 4.69) is 5.10 Å². The van der Waals surface area contributed by atoms with Gasteiger partial charge in [-0.25, -0.2) is 4.79 Å². The van der Waals surface area contributed by atoms with Gasteiger partial charge in [0.1, 0.15) is 5.56 Å². The Balaban J connectivity index is 1.65. The Kier molecular flexibility index (Phi) is 5.48. The first-order valence-electron chi connectivity index (χ1n) is 9.33. The summed E-state index contributed by atoms with van der Waals surface area (Å²) in [5.74, 6) is -3.94. The lowest BCUT2D eigenvalue weighted by Crippen LogP contribution is -2.47. The summed E-state index contributed by atoms with van der Waals surface area (Å²) in [4.78, 5) is 25.4. The molecule has 0 bridgehead atoms. The Labute approximate surface area is 155 Å². The Morgan fingerprint density at radius 2 is 1.78 bits per heavy atom. The summed E-state index contributed by atoms with van der Waals surface area (Å²) in [7, 11) is 0.